The van der Waals surface area contributed by atoms with Crippen molar-refractivity contribution in [2.75, 3.05) is 46.5 Å². The van der Waals surface area contributed by atoms with Crippen LogP contribution < -0.4 is 19.5 Å². The fourth-order valence-electron chi connectivity index (χ4n) is 2.71. The van der Waals surface area contributed by atoms with Gasteiger partial charge in [0.05, 0.1) is 20.3 Å². The number of benzene rings is 1. The number of hydrogen-bond donors (Lipinski definition) is 1. The summed E-state index contributed by atoms with van der Waals surface area (Å²) in [4.78, 5) is 2.43. The largest absolute Gasteiger partial charge is 0.492 e. The molecular formula is C15H22N2O3. The van der Waals surface area contributed by atoms with Gasteiger partial charge in [-0.05, 0) is 6.07 Å². The molecule has 110 valence electrons. The van der Waals surface area contributed by atoms with E-state index < -0.39 is 0 Å². The maximum Gasteiger partial charge on any atom is 0.203 e. The molecule has 0 amide bonds. The van der Waals surface area contributed by atoms with Crippen LogP contribution in [0.5, 0.6) is 17.2 Å². The zero-order chi connectivity index (χ0) is 13.8. The zero-order valence-corrected chi connectivity index (χ0v) is 12.0. The van der Waals surface area contributed by atoms with E-state index in [0.29, 0.717) is 13.2 Å². The Morgan fingerprint density at radius 3 is 2.80 bits per heavy atom. The summed E-state index contributed by atoms with van der Waals surface area (Å²) in [6.45, 7) is 6.50. The lowest BCUT2D eigenvalue weighted by atomic mass is 10.1. The van der Waals surface area contributed by atoms with Gasteiger partial charge in [-0.15, -0.1) is 0 Å². The van der Waals surface area contributed by atoms with E-state index in [4.69, 9.17) is 14.2 Å². The van der Waals surface area contributed by atoms with Crippen molar-refractivity contribution in [1.29, 1.82) is 0 Å². The summed E-state index contributed by atoms with van der Waals surface area (Å²) in [5.41, 5.74) is 1.17. The van der Waals surface area contributed by atoms with Crippen LogP contribution in [-0.4, -0.2) is 51.4 Å². The van der Waals surface area contributed by atoms with Gasteiger partial charge in [0.2, 0.25) is 5.75 Å². The first-order chi connectivity index (χ1) is 9.88. The fraction of sp³-hybridized carbons (Fsp3) is 0.600. The Hall–Kier alpha value is -1.46. The van der Waals surface area contributed by atoms with Crippen molar-refractivity contribution >= 4 is 0 Å². The molecular weight excluding hydrogens is 256 g/mol. The van der Waals surface area contributed by atoms with E-state index in [2.05, 4.69) is 16.3 Å². The van der Waals surface area contributed by atoms with Crippen LogP contribution in [0.1, 0.15) is 12.0 Å². The van der Waals surface area contributed by atoms with Crippen LogP contribution in [0.25, 0.3) is 0 Å². The highest BCUT2D eigenvalue weighted by Crippen LogP contribution is 2.41. The maximum absolute atomic E-state index is 5.82. The highest BCUT2D eigenvalue weighted by Gasteiger charge is 2.21. The standard InChI is InChI=1S/C15H22N2O3/c1-18-14-12(11-17-7-5-16-6-8-17)3-4-13-15(14)20-10-2-9-19-13/h3-4,16H,2,5-11H2,1H3. The predicted octanol–water partition coefficient (Wildman–Crippen LogP) is 1.26. The molecule has 0 aliphatic carbocycles. The molecule has 0 bridgehead atoms. The van der Waals surface area contributed by atoms with Crippen molar-refractivity contribution in [2.45, 2.75) is 13.0 Å². The first kappa shape index (κ1) is 13.5. The van der Waals surface area contributed by atoms with Crippen molar-refractivity contribution in [3.05, 3.63) is 17.7 Å². The number of hydrogen-bond acceptors (Lipinski definition) is 5. The number of nitrogens with one attached hydrogen (secondary N) is 1. The van der Waals surface area contributed by atoms with Crippen molar-refractivity contribution < 1.29 is 14.2 Å². The van der Waals surface area contributed by atoms with E-state index in [1.807, 2.05) is 6.07 Å². The predicted molar refractivity (Wildman–Crippen MR) is 76.7 cm³/mol. The Balaban J connectivity index is 1.84. The van der Waals surface area contributed by atoms with Gasteiger partial charge in [-0.1, -0.05) is 6.07 Å². The minimum absolute atomic E-state index is 0.681. The molecule has 0 aromatic heterocycles. The van der Waals surface area contributed by atoms with Gasteiger partial charge in [0, 0.05) is 44.7 Å². The summed E-state index contributed by atoms with van der Waals surface area (Å²) in [6.07, 6.45) is 0.908. The van der Waals surface area contributed by atoms with Crippen molar-refractivity contribution in [1.82, 2.24) is 10.2 Å². The second-order valence-corrected chi connectivity index (χ2v) is 5.16. The third kappa shape index (κ3) is 2.83. The number of rotatable bonds is 3. The lowest BCUT2D eigenvalue weighted by Crippen LogP contribution is -2.42. The maximum atomic E-state index is 5.82. The molecule has 0 unspecified atom stereocenters. The molecule has 1 fully saturated rings. The first-order valence-corrected chi connectivity index (χ1v) is 7.27. The minimum Gasteiger partial charge on any atom is -0.492 e. The summed E-state index contributed by atoms with van der Waals surface area (Å²) in [5, 5.41) is 3.37. The third-order valence-electron chi connectivity index (χ3n) is 3.76. The van der Waals surface area contributed by atoms with Crippen LogP contribution in [-0.2, 0) is 6.54 Å². The topological polar surface area (TPSA) is 43.0 Å². The van der Waals surface area contributed by atoms with Crippen molar-refractivity contribution in [3.8, 4) is 17.2 Å². The molecule has 1 N–H and O–H groups in total. The average Bonchev–Trinajstić information content (AvgIpc) is 2.73. The summed E-state index contributed by atoms with van der Waals surface area (Å²) in [5.74, 6) is 2.38. The summed E-state index contributed by atoms with van der Waals surface area (Å²) in [6, 6.07) is 4.09. The van der Waals surface area contributed by atoms with Crippen LogP contribution in [0.15, 0.2) is 12.1 Å². The smallest absolute Gasteiger partial charge is 0.203 e. The highest BCUT2D eigenvalue weighted by molar-refractivity contribution is 5.56. The Labute approximate surface area is 119 Å². The van der Waals surface area contributed by atoms with Crippen molar-refractivity contribution in [3.63, 3.8) is 0 Å². The molecule has 2 aliphatic heterocycles. The average molecular weight is 278 g/mol. The molecule has 2 aliphatic rings. The monoisotopic (exact) mass is 278 g/mol. The SMILES string of the molecule is COc1c(CN2CCNCC2)ccc2c1OCCCO2. The Kier molecular flexibility index (Phi) is 4.28. The Bertz CT molecular complexity index is 459. The fourth-order valence-corrected chi connectivity index (χ4v) is 2.71. The summed E-state index contributed by atoms with van der Waals surface area (Å²) in [7, 11) is 1.70. The van der Waals surface area contributed by atoms with E-state index in [1.54, 1.807) is 7.11 Å². The molecule has 1 saturated heterocycles. The number of methoxy groups -OCH3 is 1. The van der Waals surface area contributed by atoms with E-state index in [9.17, 15) is 0 Å². The van der Waals surface area contributed by atoms with Crippen LogP contribution in [0.4, 0.5) is 0 Å². The van der Waals surface area contributed by atoms with Gasteiger partial charge in [-0.25, -0.2) is 0 Å². The molecule has 0 saturated carbocycles. The quantitative estimate of drug-likeness (QED) is 0.902. The molecule has 2 heterocycles. The lowest BCUT2D eigenvalue weighted by molar-refractivity contribution is 0.228. The van der Waals surface area contributed by atoms with E-state index in [-0.39, 0.29) is 0 Å². The van der Waals surface area contributed by atoms with E-state index >= 15 is 0 Å². The normalized spacial score (nSPS) is 19.4. The molecule has 3 rings (SSSR count). The second-order valence-electron chi connectivity index (χ2n) is 5.16. The molecule has 0 radical (unpaired) electrons. The number of ether oxygens (including phenoxy) is 3. The minimum atomic E-state index is 0.681. The number of nitrogens with zero attached hydrogens (tertiary/aromatic N) is 1. The van der Waals surface area contributed by atoms with Crippen LogP contribution in [0, 0.1) is 0 Å². The molecule has 0 atom stereocenters. The van der Waals surface area contributed by atoms with Gasteiger partial charge in [0.1, 0.15) is 0 Å². The van der Waals surface area contributed by atoms with E-state index in [1.165, 1.54) is 5.56 Å². The summed E-state index contributed by atoms with van der Waals surface area (Å²) < 4.78 is 17.1. The molecule has 1 aromatic carbocycles. The zero-order valence-electron chi connectivity index (χ0n) is 12.0. The van der Waals surface area contributed by atoms with Crippen LogP contribution >= 0.6 is 0 Å². The van der Waals surface area contributed by atoms with Gasteiger partial charge in [0.15, 0.2) is 11.5 Å². The summed E-state index contributed by atoms with van der Waals surface area (Å²) >= 11 is 0. The van der Waals surface area contributed by atoms with Gasteiger partial charge in [-0.2, -0.15) is 0 Å². The van der Waals surface area contributed by atoms with E-state index in [0.717, 1.165) is 56.4 Å². The first-order valence-electron chi connectivity index (χ1n) is 7.27. The van der Waals surface area contributed by atoms with Crippen molar-refractivity contribution in [2.24, 2.45) is 0 Å². The van der Waals surface area contributed by atoms with Gasteiger partial charge >= 0.3 is 0 Å². The molecule has 20 heavy (non-hydrogen) atoms. The Morgan fingerprint density at radius 2 is 2.00 bits per heavy atom. The van der Waals surface area contributed by atoms with Gasteiger partial charge in [-0.3, -0.25) is 4.90 Å². The van der Waals surface area contributed by atoms with Crippen LogP contribution in [0.2, 0.25) is 0 Å². The third-order valence-corrected chi connectivity index (χ3v) is 3.76. The molecule has 0 spiro atoms. The van der Waals surface area contributed by atoms with Crippen LogP contribution in [0.3, 0.4) is 0 Å². The second kappa shape index (κ2) is 6.33. The Morgan fingerprint density at radius 1 is 1.20 bits per heavy atom. The van der Waals surface area contributed by atoms with Gasteiger partial charge in [0.25, 0.3) is 0 Å². The molecule has 5 heteroatoms. The van der Waals surface area contributed by atoms with Gasteiger partial charge < -0.3 is 19.5 Å². The number of piperazine rings is 1. The highest BCUT2D eigenvalue weighted by atomic mass is 16.5. The molecule has 5 nitrogen and oxygen atoms in total. The molecule has 1 aromatic rings. The lowest BCUT2D eigenvalue weighted by Gasteiger charge is -2.28. The number of fused-ring (bicyclic) bond motifs is 1.